The third kappa shape index (κ3) is 6.36. The van der Waals surface area contributed by atoms with Crippen LogP contribution in [0.4, 0.5) is 14.5 Å². The molecule has 0 spiro atoms. The summed E-state index contributed by atoms with van der Waals surface area (Å²) in [5.74, 6) is -9.03. The van der Waals surface area contributed by atoms with Crippen LogP contribution in [0.1, 0.15) is 15.9 Å². The molecule has 0 unspecified atom stereocenters. The Morgan fingerprint density at radius 1 is 0.881 bits per heavy atom. The normalized spacial score (nSPS) is 10.5. The Morgan fingerprint density at radius 2 is 1.55 bits per heavy atom. The molecule has 0 aliphatic heterocycles. The number of nitrogen functional groups attached to an aromatic ring is 1. The van der Waals surface area contributed by atoms with E-state index in [2.05, 4.69) is 10.3 Å². The number of methoxy groups -OCH3 is 1. The largest absolute Gasteiger partial charge is 0.504 e. The van der Waals surface area contributed by atoms with Gasteiger partial charge < -0.3 is 45.9 Å². The van der Waals surface area contributed by atoms with Crippen molar-refractivity contribution in [3.8, 4) is 46.3 Å². The van der Waals surface area contributed by atoms with Crippen LogP contribution in [0.25, 0.3) is 0 Å². The molecule has 13 nitrogen and oxygen atoms in total. The molecule has 3 aromatic carbocycles. The van der Waals surface area contributed by atoms with Gasteiger partial charge in [0.2, 0.25) is 17.4 Å². The van der Waals surface area contributed by atoms with Gasteiger partial charge in [-0.2, -0.15) is 13.8 Å². The van der Waals surface area contributed by atoms with Crippen LogP contribution < -0.4 is 35.7 Å². The lowest BCUT2D eigenvalue weighted by Gasteiger charge is -2.16. The molecule has 0 fully saturated rings. The third-order valence-electron chi connectivity index (χ3n) is 5.40. The number of phenols is 1. The topological polar surface area (TPSA) is 219 Å². The number of pyridine rings is 1. The monoisotopic (exact) mass is 580 g/mol. The van der Waals surface area contributed by atoms with Gasteiger partial charge in [-0.25, -0.2) is 4.79 Å². The van der Waals surface area contributed by atoms with E-state index < -0.39 is 40.9 Å². The van der Waals surface area contributed by atoms with Gasteiger partial charge in [0.1, 0.15) is 11.6 Å². The second-order valence-corrected chi connectivity index (χ2v) is 8.32. The van der Waals surface area contributed by atoms with Crippen molar-refractivity contribution in [1.29, 1.82) is 10.8 Å². The molecule has 0 saturated carbocycles. The molecule has 0 saturated heterocycles. The summed E-state index contributed by atoms with van der Waals surface area (Å²) in [5, 5.41) is 37.0. The number of ether oxygens (including phenoxy) is 4. The number of anilines is 1. The van der Waals surface area contributed by atoms with Crippen LogP contribution in [0.5, 0.6) is 46.3 Å². The Morgan fingerprint density at radius 3 is 2.19 bits per heavy atom. The second kappa shape index (κ2) is 12.0. The van der Waals surface area contributed by atoms with E-state index in [0.29, 0.717) is 5.69 Å². The molecule has 9 N–H and O–H groups in total. The number of nitrogens with two attached hydrogens (primary N) is 2. The van der Waals surface area contributed by atoms with Crippen LogP contribution in [-0.4, -0.2) is 40.1 Å². The highest BCUT2D eigenvalue weighted by atomic mass is 19.1. The predicted octanol–water partition coefficient (Wildman–Crippen LogP) is 4.74. The number of nitrogens with one attached hydrogen (secondary N) is 3. The molecular weight excluding hydrogens is 558 g/mol. The van der Waals surface area contributed by atoms with E-state index in [9.17, 15) is 15.0 Å². The number of hydrogen-bond acceptors (Lipinski definition) is 9. The Kier molecular flexibility index (Phi) is 8.22. The number of halogens is 2. The number of hydrogen-bond donors (Lipinski definition) is 7. The molecule has 0 aliphatic rings. The summed E-state index contributed by atoms with van der Waals surface area (Å²) >= 11 is 0. The number of benzene rings is 3. The van der Waals surface area contributed by atoms with Crippen molar-refractivity contribution in [2.24, 2.45) is 11.5 Å². The highest BCUT2D eigenvalue weighted by molar-refractivity contribution is 5.95. The minimum Gasteiger partial charge on any atom is -0.504 e. The zero-order valence-corrected chi connectivity index (χ0v) is 21.6. The number of aromatic carboxylic acids is 1. The maximum absolute atomic E-state index is 15.7. The zero-order valence-electron chi connectivity index (χ0n) is 21.6. The van der Waals surface area contributed by atoms with Crippen LogP contribution in [0.15, 0.2) is 60.7 Å². The van der Waals surface area contributed by atoms with Gasteiger partial charge in [0.15, 0.2) is 29.0 Å². The lowest BCUT2D eigenvalue weighted by Crippen LogP contribution is -2.20. The van der Waals surface area contributed by atoms with Gasteiger partial charge in [0.25, 0.3) is 11.8 Å². The molecule has 0 radical (unpaired) electrons. The molecule has 0 atom stereocenters. The molecular formula is C27H22F2N6O7. The Balaban J connectivity index is 1.83. The van der Waals surface area contributed by atoms with Crippen LogP contribution in [-0.2, 0) is 0 Å². The van der Waals surface area contributed by atoms with Crippen LogP contribution in [0, 0.1) is 22.5 Å². The SMILES string of the molecule is COc1cc(C(=O)O)ccc1Oc1c(F)c(Oc2cccc(NC(=N)N)c2)nc(Oc2cc(C(=N)N)ccc2O)c1F. The molecule has 0 amide bonds. The smallest absolute Gasteiger partial charge is 0.335 e. The number of guanidine groups is 1. The maximum Gasteiger partial charge on any atom is 0.335 e. The average Bonchev–Trinajstić information content (AvgIpc) is 2.94. The minimum absolute atomic E-state index is 0.0130. The predicted molar refractivity (Wildman–Crippen MR) is 145 cm³/mol. The standard InChI is InChI=1S/C27H22F2N6O7/c1-39-19-10-13(26(37)38)6-8-17(19)41-22-20(28)24(40-15-4-2-3-14(11-15)34-27(32)33)35-25(21(22)29)42-18-9-12(23(30)31)5-7-16(18)36/h2-11,36H,1H3,(H3,30,31)(H,37,38)(H4,32,33,34). The van der Waals surface area contributed by atoms with Gasteiger partial charge in [-0.1, -0.05) is 6.07 Å². The summed E-state index contributed by atoms with van der Waals surface area (Å²) in [6.45, 7) is 0. The van der Waals surface area contributed by atoms with Crippen LogP contribution in [0.2, 0.25) is 0 Å². The average molecular weight is 581 g/mol. The van der Waals surface area contributed by atoms with E-state index in [0.717, 1.165) is 30.3 Å². The van der Waals surface area contributed by atoms with Crippen LogP contribution >= 0.6 is 0 Å². The van der Waals surface area contributed by atoms with Crippen molar-refractivity contribution >= 4 is 23.5 Å². The van der Waals surface area contributed by atoms with Gasteiger partial charge in [0.05, 0.1) is 12.7 Å². The highest BCUT2D eigenvalue weighted by Crippen LogP contribution is 2.43. The molecule has 0 aliphatic carbocycles. The van der Waals surface area contributed by atoms with Crippen molar-refractivity contribution in [2.45, 2.75) is 0 Å². The fourth-order valence-corrected chi connectivity index (χ4v) is 3.47. The molecule has 1 heterocycles. The molecule has 216 valence electrons. The van der Waals surface area contributed by atoms with Crippen molar-refractivity contribution in [1.82, 2.24) is 4.98 Å². The number of rotatable bonds is 10. The number of amidine groups is 1. The van der Waals surface area contributed by atoms with Gasteiger partial charge >= 0.3 is 5.97 Å². The van der Waals surface area contributed by atoms with Crippen molar-refractivity contribution in [2.75, 3.05) is 12.4 Å². The number of carboxylic acid groups (broad SMARTS) is 1. The lowest BCUT2D eigenvalue weighted by molar-refractivity contribution is 0.0696. The third-order valence-corrected chi connectivity index (χ3v) is 5.40. The van der Waals surface area contributed by atoms with E-state index in [1.54, 1.807) is 6.07 Å². The number of carbonyl (C=O) groups is 1. The summed E-state index contributed by atoms with van der Waals surface area (Å²) in [6, 6.07) is 12.7. The quantitative estimate of drug-likeness (QED) is 0.100. The summed E-state index contributed by atoms with van der Waals surface area (Å²) in [4.78, 5) is 15.1. The first kappa shape index (κ1) is 28.9. The summed E-state index contributed by atoms with van der Waals surface area (Å²) in [5.41, 5.74) is 11.1. The molecule has 0 bridgehead atoms. The summed E-state index contributed by atoms with van der Waals surface area (Å²) in [6.07, 6.45) is 0. The van der Waals surface area contributed by atoms with Gasteiger partial charge in [-0.05, 0) is 48.5 Å². The summed E-state index contributed by atoms with van der Waals surface area (Å²) in [7, 11) is 1.20. The van der Waals surface area contributed by atoms with Crippen molar-refractivity contribution < 1.29 is 42.7 Å². The highest BCUT2D eigenvalue weighted by Gasteiger charge is 2.27. The zero-order chi connectivity index (χ0) is 30.6. The Hall–Kier alpha value is -6.12. The molecule has 15 heteroatoms. The van der Waals surface area contributed by atoms with E-state index in [1.165, 1.54) is 31.4 Å². The number of aromatic hydroxyl groups is 1. The second-order valence-electron chi connectivity index (χ2n) is 8.32. The lowest BCUT2D eigenvalue weighted by atomic mass is 10.2. The van der Waals surface area contributed by atoms with Crippen molar-refractivity contribution in [3.05, 3.63) is 83.4 Å². The number of aromatic nitrogens is 1. The van der Waals surface area contributed by atoms with Gasteiger partial charge in [0, 0.05) is 17.3 Å². The van der Waals surface area contributed by atoms with E-state index >= 15 is 8.78 Å². The first-order chi connectivity index (χ1) is 20.0. The first-order valence-corrected chi connectivity index (χ1v) is 11.7. The molecule has 42 heavy (non-hydrogen) atoms. The minimum atomic E-state index is -1.47. The number of phenolic OH excluding ortho intramolecular Hbond substituents is 1. The molecule has 4 rings (SSSR count). The summed E-state index contributed by atoms with van der Waals surface area (Å²) < 4.78 is 53.0. The Bertz CT molecular complexity index is 1720. The molecule has 4 aromatic rings. The van der Waals surface area contributed by atoms with Gasteiger partial charge in [-0.15, -0.1) is 0 Å². The van der Waals surface area contributed by atoms with E-state index in [4.69, 9.17) is 41.2 Å². The number of nitrogens with zero attached hydrogens (tertiary/aromatic N) is 1. The molecule has 1 aromatic heterocycles. The maximum atomic E-state index is 15.7. The fourth-order valence-electron chi connectivity index (χ4n) is 3.47. The van der Waals surface area contributed by atoms with E-state index in [1.807, 2.05) is 0 Å². The van der Waals surface area contributed by atoms with E-state index in [-0.39, 0.29) is 45.9 Å². The number of carboxylic acids is 1. The first-order valence-electron chi connectivity index (χ1n) is 11.7. The Labute approximate surface area is 235 Å². The van der Waals surface area contributed by atoms with Crippen molar-refractivity contribution in [3.63, 3.8) is 0 Å². The fraction of sp³-hybridized carbons (Fsp3) is 0.0370. The van der Waals surface area contributed by atoms with Gasteiger partial charge in [-0.3, -0.25) is 10.8 Å². The van der Waals surface area contributed by atoms with Crippen LogP contribution in [0.3, 0.4) is 0 Å².